The number of nitrogens with one attached hydrogen (secondary N) is 2. The average Bonchev–Trinajstić information content (AvgIpc) is 3.32. The van der Waals surface area contributed by atoms with Crippen LogP contribution in [0.1, 0.15) is 27.4 Å². The van der Waals surface area contributed by atoms with Crippen molar-refractivity contribution in [2.24, 2.45) is 0 Å². The van der Waals surface area contributed by atoms with Crippen LogP contribution < -0.4 is 10.6 Å². The number of aromatic nitrogens is 1. The first kappa shape index (κ1) is 24.0. The van der Waals surface area contributed by atoms with E-state index >= 15 is 0 Å². The lowest BCUT2D eigenvalue weighted by molar-refractivity contribution is 0.0829. The van der Waals surface area contributed by atoms with Gasteiger partial charge >= 0.3 is 0 Å². The summed E-state index contributed by atoms with van der Waals surface area (Å²) in [6.07, 6.45) is 1.38. The molecule has 0 aliphatic rings. The van der Waals surface area contributed by atoms with E-state index < -0.39 is 5.82 Å². The van der Waals surface area contributed by atoms with Crippen LogP contribution in [0.25, 0.3) is 10.9 Å². The number of nitrogens with zero attached hydrogens (tertiary/aromatic N) is 3. The Morgan fingerprint density at radius 2 is 1.97 bits per heavy atom. The third-order valence-electron chi connectivity index (χ3n) is 5.26. The Hall–Kier alpha value is -4.13. The number of aliphatic hydroxyl groups is 1. The Labute approximate surface area is 205 Å². The van der Waals surface area contributed by atoms with E-state index in [0.29, 0.717) is 51.6 Å². The molecule has 4 aromatic rings. The molecule has 0 saturated carbocycles. The minimum atomic E-state index is -0.565. The quantitative estimate of drug-likeness (QED) is 0.330. The summed E-state index contributed by atoms with van der Waals surface area (Å²) in [6.45, 7) is 0.0886. The molecule has 0 fully saturated rings. The number of pyridine rings is 1. The standard InChI is InChI=1S/C25H21ClFN5O3/c1-32(2)25(34)20-8-16(29-12-17-4-5-18(13-33)35-17)7-19-23(14(10-28)11-30-24(19)20)31-15-3-6-22(27)21(26)9-15/h3-9,11,29,33H,12-13H2,1-2H3,(H,30,31). The number of carbonyl (C=O) groups excluding carboxylic acids is 1. The molecule has 10 heteroatoms. The van der Waals surface area contributed by atoms with Crippen molar-refractivity contribution in [3.63, 3.8) is 0 Å². The van der Waals surface area contributed by atoms with Gasteiger partial charge in [0.2, 0.25) is 0 Å². The van der Waals surface area contributed by atoms with Crippen LogP contribution in [0.2, 0.25) is 5.02 Å². The minimum absolute atomic E-state index is 0.0709. The van der Waals surface area contributed by atoms with Gasteiger partial charge in [-0.25, -0.2) is 4.39 Å². The molecule has 2 aromatic heterocycles. The molecular weight excluding hydrogens is 473 g/mol. The van der Waals surface area contributed by atoms with Gasteiger partial charge in [-0.15, -0.1) is 0 Å². The molecule has 35 heavy (non-hydrogen) atoms. The Morgan fingerprint density at radius 1 is 1.20 bits per heavy atom. The van der Waals surface area contributed by atoms with Crippen molar-refractivity contribution in [2.45, 2.75) is 13.2 Å². The fraction of sp³-hybridized carbons (Fsp3) is 0.160. The predicted octanol–water partition coefficient (Wildman–Crippen LogP) is 5.04. The van der Waals surface area contributed by atoms with E-state index in [1.807, 2.05) is 0 Å². The summed E-state index contributed by atoms with van der Waals surface area (Å²) in [5.41, 5.74) is 2.40. The minimum Gasteiger partial charge on any atom is -0.462 e. The largest absolute Gasteiger partial charge is 0.462 e. The van der Waals surface area contributed by atoms with Gasteiger partial charge in [-0.05, 0) is 42.5 Å². The second kappa shape index (κ2) is 10.0. The first-order valence-electron chi connectivity index (χ1n) is 10.5. The summed E-state index contributed by atoms with van der Waals surface area (Å²) in [6, 6.07) is 13.1. The molecule has 0 radical (unpaired) electrons. The number of furan rings is 1. The van der Waals surface area contributed by atoms with Gasteiger partial charge in [0, 0.05) is 37.1 Å². The smallest absolute Gasteiger partial charge is 0.255 e. The molecule has 8 nitrogen and oxygen atoms in total. The summed E-state index contributed by atoms with van der Waals surface area (Å²) in [7, 11) is 3.27. The number of hydrogen-bond acceptors (Lipinski definition) is 7. The van der Waals surface area contributed by atoms with Crippen molar-refractivity contribution < 1.29 is 18.7 Å². The van der Waals surface area contributed by atoms with Gasteiger partial charge in [0.1, 0.15) is 30.0 Å². The van der Waals surface area contributed by atoms with E-state index in [9.17, 15) is 19.6 Å². The van der Waals surface area contributed by atoms with Gasteiger partial charge in [0.25, 0.3) is 5.91 Å². The zero-order valence-corrected chi connectivity index (χ0v) is 19.7. The third-order valence-corrected chi connectivity index (χ3v) is 5.55. The van der Waals surface area contributed by atoms with Crippen molar-refractivity contribution in [3.8, 4) is 6.07 Å². The Kier molecular flexibility index (Phi) is 6.87. The van der Waals surface area contributed by atoms with Gasteiger partial charge in [-0.1, -0.05) is 11.6 Å². The summed E-state index contributed by atoms with van der Waals surface area (Å²) >= 11 is 5.93. The average molecular weight is 494 g/mol. The Bertz CT molecular complexity index is 1460. The van der Waals surface area contributed by atoms with Crippen molar-refractivity contribution in [1.29, 1.82) is 5.26 Å². The Morgan fingerprint density at radius 3 is 2.63 bits per heavy atom. The topological polar surface area (TPSA) is 114 Å². The van der Waals surface area contributed by atoms with Gasteiger partial charge < -0.3 is 25.1 Å². The highest BCUT2D eigenvalue weighted by molar-refractivity contribution is 6.31. The lowest BCUT2D eigenvalue weighted by atomic mass is 10.0. The van der Waals surface area contributed by atoms with Crippen LogP contribution in [0, 0.1) is 17.1 Å². The summed E-state index contributed by atoms with van der Waals surface area (Å²) in [4.78, 5) is 18.8. The number of rotatable bonds is 7. The summed E-state index contributed by atoms with van der Waals surface area (Å²) in [5, 5.41) is 25.7. The molecule has 2 aromatic carbocycles. The maximum Gasteiger partial charge on any atom is 0.255 e. The van der Waals surface area contributed by atoms with Crippen LogP contribution in [0.3, 0.4) is 0 Å². The van der Waals surface area contributed by atoms with Crippen LogP contribution in [0.4, 0.5) is 21.5 Å². The van der Waals surface area contributed by atoms with E-state index in [1.54, 1.807) is 38.4 Å². The first-order valence-corrected chi connectivity index (χ1v) is 10.9. The van der Waals surface area contributed by atoms with Gasteiger partial charge in [0.05, 0.1) is 33.9 Å². The maximum absolute atomic E-state index is 13.7. The van der Waals surface area contributed by atoms with Crippen LogP contribution in [0.15, 0.2) is 53.1 Å². The van der Waals surface area contributed by atoms with E-state index in [0.717, 1.165) is 0 Å². The molecule has 178 valence electrons. The second-order valence-corrected chi connectivity index (χ2v) is 8.32. The van der Waals surface area contributed by atoms with E-state index in [1.165, 1.54) is 29.3 Å². The van der Waals surface area contributed by atoms with Crippen LogP contribution in [-0.2, 0) is 13.2 Å². The zero-order chi connectivity index (χ0) is 25.1. The fourth-order valence-electron chi connectivity index (χ4n) is 3.54. The SMILES string of the molecule is CN(C)C(=O)c1cc(NCc2ccc(CO)o2)cc2c(Nc3ccc(F)c(Cl)c3)c(C#N)cnc12. The van der Waals surface area contributed by atoms with E-state index in [-0.39, 0.29) is 23.1 Å². The molecule has 3 N–H and O–H groups in total. The van der Waals surface area contributed by atoms with E-state index in [2.05, 4.69) is 21.7 Å². The van der Waals surface area contributed by atoms with Crippen molar-refractivity contribution in [3.05, 3.63) is 82.1 Å². The number of fused-ring (bicyclic) bond motifs is 1. The number of halogens is 2. The predicted molar refractivity (Wildman–Crippen MR) is 131 cm³/mol. The normalized spacial score (nSPS) is 10.7. The number of amides is 1. The number of anilines is 3. The first-order chi connectivity index (χ1) is 16.8. The molecule has 0 unspecified atom stereocenters. The molecule has 0 aliphatic heterocycles. The highest BCUT2D eigenvalue weighted by atomic mass is 35.5. The summed E-state index contributed by atoms with van der Waals surface area (Å²) in [5.74, 6) is 0.200. The van der Waals surface area contributed by atoms with Gasteiger partial charge in [-0.3, -0.25) is 9.78 Å². The van der Waals surface area contributed by atoms with Crippen LogP contribution in [-0.4, -0.2) is 35.0 Å². The lowest BCUT2D eigenvalue weighted by Crippen LogP contribution is -2.22. The van der Waals surface area contributed by atoms with Gasteiger partial charge in [-0.2, -0.15) is 5.26 Å². The number of nitriles is 1. The molecule has 0 bridgehead atoms. The van der Waals surface area contributed by atoms with Gasteiger partial charge in [0.15, 0.2) is 0 Å². The molecule has 0 spiro atoms. The highest BCUT2D eigenvalue weighted by Gasteiger charge is 2.19. The molecule has 0 aliphatic carbocycles. The molecule has 4 rings (SSSR count). The number of aliphatic hydroxyl groups excluding tert-OH is 1. The maximum atomic E-state index is 13.7. The molecule has 2 heterocycles. The Balaban J connectivity index is 1.84. The van der Waals surface area contributed by atoms with Crippen LogP contribution in [0.5, 0.6) is 0 Å². The van der Waals surface area contributed by atoms with Crippen molar-refractivity contribution in [2.75, 3.05) is 24.7 Å². The van der Waals surface area contributed by atoms with E-state index in [4.69, 9.17) is 16.0 Å². The van der Waals surface area contributed by atoms with Crippen molar-refractivity contribution >= 4 is 45.5 Å². The molecular formula is C25H21ClFN5O3. The second-order valence-electron chi connectivity index (χ2n) is 7.91. The lowest BCUT2D eigenvalue weighted by Gasteiger charge is -2.17. The zero-order valence-electron chi connectivity index (χ0n) is 18.9. The number of hydrogen-bond donors (Lipinski definition) is 3. The highest BCUT2D eigenvalue weighted by Crippen LogP contribution is 2.34. The molecule has 0 saturated heterocycles. The number of carbonyl (C=O) groups is 1. The van der Waals surface area contributed by atoms with Crippen molar-refractivity contribution in [1.82, 2.24) is 9.88 Å². The fourth-order valence-corrected chi connectivity index (χ4v) is 3.72. The third kappa shape index (κ3) is 5.04. The summed E-state index contributed by atoms with van der Waals surface area (Å²) < 4.78 is 19.2. The molecule has 1 amide bonds. The van der Waals surface area contributed by atoms with Crippen LogP contribution >= 0.6 is 11.6 Å². The monoisotopic (exact) mass is 493 g/mol. The molecule has 0 atom stereocenters. The number of benzene rings is 2.